The third-order valence-electron chi connectivity index (χ3n) is 4.71. The highest BCUT2D eigenvalue weighted by atomic mass is 16.2. The van der Waals surface area contributed by atoms with Crippen LogP contribution in [0.15, 0.2) is 30.3 Å². The molecule has 1 aromatic carbocycles. The second-order valence-corrected chi connectivity index (χ2v) is 6.34. The molecule has 0 aromatic heterocycles. The molecular weight excluding hydrogens is 316 g/mol. The summed E-state index contributed by atoms with van der Waals surface area (Å²) in [5.41, 5.74) is 1.27. The van der Waals surface area contributed by atoms with Crippen molar-refractivity contribution in [2.24, 2.45) is 0 Å². The smallest absolute Gasteiger partial charge is 0.311 e. The normalized spacial score (nSPS) is 15.4. The van der Waals surface area contributed by atoms with Gasteiger partial charge in [0.15, 0.2) is 0 Å². The molecule has 138 valence electrons. The number of hydrogen-bond donors (Lipinski definition) is 1. The average molecular weight is 346 g/mol. The van der Waals surface area contributed by atoms with Crippen LogP contribution in [0.3, 0.4) is 0 Å². The number of nitrogens with zero attached hydrogens (tertiary/aromatic N) is 3. The molecule has 0 radical (unpaired) electrons. The van der Waals surface area contributed by atoms with Gasteiger partial charge in [-0.3, -0.25) is 14.5 Å². The molecule has 1 aliphatic rings. The Balaban J connectivity index is 1.70. The predicted octanol–water partition coefficient (Wildman–Crippen LogP) is 0.789. The third-order valence-corrected chi connectivity index (χ3v) is 4.71. The van der Waals surface area contributed by atoms with E-state index in [0.717, 1.165) is 39.3 Å². The van der Waals surface area contributed by atoms with Crippen molar-refractivity contribution in [3.8, 4) is 0 Å². The van der Waals surface area contributed by atoms with Gasteiger partial charge in [0.1, 0.15) is 0 Å². The SMILES string of the molecule is CCN(CC)CCNC(=O)C(=O)N1CCN(Cc2ccccc2)CC1. The Kier molecular flexibility index (Phi) is 7.88. The molecule has 0 unspecified atom stereocenters. The molecule has 1 heterocycles. The van der Waals surface area contributed by atoms with Crippen LogP contribution in [0.2, 0.25) is 0 Å². The first-order chi connectivity index (χ1) is 12.1. The van der Waals surface area contributed by atoms with Gasteiger partial charge in [0.2, 0.25) is 0 Å². The summed E-state index contributed by atoms with van der Waals surface area (Å²) in [4.78, 5) is 30.5. The Morgan fingerprint density at radius 2 is 1.68 bits per heavy atom. The van der Waals surface area contributed by atoms with Crippen molar-refractivity contribution in [2.45, 2.75) is 20.4 Å². The van der Waals surface area contributed by atoms with E-state index in [1.54, 1.807) is 4.90 Å². The van der Waals surface area contributed by atoms with Gasteiger partial charge in [-0.1, -0.05) is 44.2 Å². The molecule has 1 aromatic rings. The summed E-state index contributed by atoms with van der Waals surface area (Å²) in [7, 11) is 0. The first kappa shape index (κ1) is 19.4. The maximum atomic E-state index is 12.3. The molecule has 0 atom stereocenters. The minimum Gasteiger partial charge on any atom is -0.347 e. The van der Waals surface area contributed by atoms with E-state index >= 15 is 0 Å². The Bertz CT molecular complexity index is 538. The molecule has 2 rings (SSSR count). The topological polar surface area (TPSA) is 55.9 Å². The molecule has 6 nitrogen and oxygen atoms in total. The van der Waals surface area contributed by atoms with Gasteiger partial charge in [0, 0.05) is 45.8 Å². The molecule has 0 bridgehead atoms. The number of carbonyl (C=O) groups is 2. The molecule has 6 heteroatoms. The quantitative estimate of drug-likeness (QED) is 0.742. The van der Waals surface area contributed by atoms with Gasteiger partial charge >= 0.3 is 11.8 Å². The van der Waals surface area contributed by atoms with Crippen LogP contribution in [-0.2, 0) is 16.1 Å². The Morgan fingerprint density at radius 1 is 1.04 bits per heavy atom. The van der Waals surface area contributed by atoms with Gasteiger partial charge in [0.05, 0.1) is 0 Å². The Morgan fingerprint density at radius 3 is 2.28 bits per heavy atom. The molecule has 0 spiro atoms. The summed E-state index contributed by atoms with van der Waals surface area (Å²) < 4.78 is 0. The van der Waals surface area contributed by atoms with E-state index in [4.69, 9.17) is 0 Å². The minimum atomic E-state index is -0.483. The van der Waals surface area contributed by atoms with E-state index in [0.29, 0.717) is 19.6 Å². The van der Waals surface area contributed by atoms with E-state index in [2.05, 4.69) is 41.1 Å². The highest BCUT2D eigenvalue weighted by Crippen LogP contribution is 2.08. The van der Waals surface area contributed by atoms with Crippen LogP contribution in [0, 0.1) is 0 Å². The van der Waals surface area contributed by atoms with Crippen molar-refractivity contribution in [2.75, 3.05) is 52.4 Å². The lowest BCUT2D eigenvalue weighted by atomic mass is 10.2. The number of rotatable bonds is 7. The molecule has 1 N–H and O–H groups in total. The molecule has 25 heavy (non-hydrogen) atoms. The average Bonchev–Trinajstić information content (AvgIpc) is 2.66. The fourth-order valence-electron chi connectivity index (χ4n) is 3.04. The van der Waals surface area contributed by atoms with Crippen molar-refractivity contribution < 1.29 is 9.59 Å². The maximum Gasteiger partial charge on any atom is 0.311 e. The zero-order valence-corrected chi connectivity index (χ0v) is 15.4. The highest BCUT2D eigenvalue weighted by Gasteiger charge is 2.25. The first-order valence-electron chi connectivity index (χ1n) is 9.19. The van der Waals surface area contributed by atoms with Gasteiger partial charge < -0.3 is 15.1 Å². The number of nitrogens with one attached hydrogen (secondary N) is 1. The van der Waals surface area contributed by atoms with Crippen LogP contribution in [0.1, 0.15) is 19.4 Å². The van der Waals surface area contributed by atoms with Crippen LogP contribution in [0.5, 0.6) is 0 Å². The molecule has 1 fully saturated rings. The number of carbonyl (C=O) groups excluding carboxylic acids is 2. The van der Waals surface area contributed by atoms with Gasteiger partial charge in [0.25, 0.3) is 0 Å². The van der Waals surface area contributed by atoms with Crippen LogP contribution < -0.4 is 5.32 Å². The van der Waals surface area contributed by atoms with E-state index in [1.807, 2.05) is 18.2 Å². The maximum absolute atomic E-state index is 12.3. The zero-order chi connectivity index (χ0) is 18.1. The van der Waals surface area contributed by atoms with E-state index in [-0.39, 0.29) is 0 Å². The summed E-state index contributed by atoms with van der Waals surface area (Å²) in [6, 6.07) is 10.3. The molecular formula is C19H30N4O2. The van der Waals surface area contributed by atoms with Crippen LogP contribution >= 0.6 is 0 Å². The predicted molar refractivity (Wildman–Crippen MR) is 99.1 cm³/mol. The van der Waals surface area contributed by atoms with Crippen molar-refractivity contribution in [3.05, 3.63) is 35.9 Å². The van der Waals surface area contributed by atoms with E-state index in [9.17, 15) is 9.59 Å². The molecule has 1 saturated heterocycles. The summed E-state index contributed by atoms with van der Waals surface area (Å²) in [6.45, 7) is 11.1. The largest absolute Gasteiger partial charge is 0.347 e. The standard InChI is InChI=1S/C19H30N4O2/c1-3-21(4-2)11-10-20-18(24)19(25)23-14-12-22(13-15-23)16-17-8-6-5-7-9-17/h5-9H,3-4,10-16H2,1-2H3,(H,20,24). The summed E-state index contributed by atoms with van der Waals surface area (Å²) in [6.07, 6.45) is 0. The van der Waals surface area contributed by atoms with Gasteiger partial charge in [-0.15, -0.1) is 0 Å². The van der Waals surface area contributed by atoms with Crippen molar-refractivity contribution in [1.82, 2.24) is 20.0 Å². The molecule has 1 aliphatic heterocycles. The molecule has 0 aliphatic carbocycles. The second kappa shape index (κ2) is 10.2. The van der Waals surface area contributed by atoms with Crippen LogP contribution in [0.25, 0.3) is 0 Å². The number of piperazine rings is 1. The first-order valence-corrected chi connectivity index (χ1v) is 9.19. The minimum absolute atomic E-state index is 0.404. The molecule has 2 amide bonds. The molecule has 0 saturated carbocycles. The summed E-state index contributed by atoms with van der Waals surface area (Å²) in [5, 5.41) is 2.74. The fraction of sp³-hybridized carbons (Fsp3) is 0.579. The number of amides is 2. The Labute approximate surface area is 150 Å². The highest BCUT2D eigenvalue weighted by molar-refractivity contribution is 6.35. The van der Waals surface area contributed by atoms with Crippen LogP contribution in [0.4, 0.5) is 0 Å². The second-order valence-electron chi connectivity index (χ2n) is 6.34. The third kappa shape index (κ3) is 6.14. The van der Waals surface area contributed by atoms with Crippen molar-refractivity contribution in [1.29, 1.82) is 0 Å². The number of likely N-dealkylation sites (N-methyl/N-ethyl adjacent to an activating group) is 1. The lowest BCUT2D eigenvalue weighted by molar-refractivity contribution is -0.147. The fourth-order valence-corrected chi connectivity index (χ4v) is 3.04. The van der Waals surface area contributed by atoms with Crippen molar-refractivity contribution >= 4 is 11.8 Å². The number of benzene rings is 1. The van der Waals surface area contributed by atoms with Crippen molar-refractivity contribution in [3.63, 3.8) is 0 Å². The summed E-state index contributed by atoms with van der Waals surface area (Å²) >= 11 is 0. The lowest BCUT2D eigenvalue weighted by Gasteiger charge is -2.34. The van der Waals surface area contributed by atoms with Crippen LogP contribution in [-0.4, -0.2) is 78.9 Å². The monoisotopic (exact) mass is 346 g/mol. The van der Waals surface area contributed by atoms with Gasteiger partial charge in [-0.25, -0.2) is 0 Å². The van der Waals surface area contributed by atoms with Gasteiger partial charge in [-0.2, -0.15) is 0 Å². The van der Waals surface area contributed by atoms with E-state index < -0.39 is 11.8 Å². The summed E-state index contributed by atoms with van der Waals surface area (Å²) in [5.74, 6) is -0.887. The van der Waals surface area contributed by atoms with Gasteiger partial charge in [-0.05, 0) is 18.7 Å². The van der Waals surface area contributed by atoms with E-state index in [1.165, 1.54) is 5.56 Å². The number of hydrogen-bond acceptors (Lipinski definition) is 4. The lowest BCUT2D eigenvalue weighted by Crippen LogP contribution is -2.52. The Hall–Kier alpha value is -1.92. The zero-order valence-electron chi connectivity index (χ0n) is 15.4.